The van der Waals surface area contributed by atoms with E-state index in [0.717, 1.165) is 64.2 Å². The van der Waals surface area contributed by atoms with Crippen LogP contribution in [0.25, 0.3) is 0 Å². The van der Waals surface area contributed by atoms with Crippen molar-refractivity contribution in [2.24, 2.45) is 11.8 Å². The van der Waals surface area contributed by atoms with Crippen LogP contribution in [-0.2, 0) is 29.2 Å². The topological polar surface area (TPSA) is 107 Å². The van der Waals surface area contributed by atoms with Crippen LogP contribution in [0.15, 0.2) is 0 Å². The fraction of sp³-hybridized carbons (Fsp3) is 0.909. The molecule has 30 heavy (non-hydrogen) atoms. The molecule has 0 fully saturated rings. The van der Waals surface area contributed by atoms with E-state index in [1.165, 1.54) is 0 Å². The van der Waals surface area contributed by atoms with Crippen molar-refractivity contribution in [3.8, 4) is 0 Å². The van der Waals surface area contributed by atoms with E-state index in [1.54, 1.807) is 0 Å². The van der Waals surface area contributed by atoms with Gasteiger partial charge in [0.05, 0.1) is 19.6 Å². The predicted molar refractivity (Wildman–Crippen MR) is 118 cm³/mol. The lowest BCUT2D eigenvalue weighted by atomic mass is 9.97. The molecule has 0 bridgehead atoms. The van der Waals surface area contributed by atoms with Gasteiger partial charge in [0.1, 0.15) is 0 Å². The number of esters is 2. The van der Waals surface area contributed by atoms with Crippen LogP contribution in [0.4, 0.5) is 0 Å². The van der Waals surface area contributed by atoms with Crippen molar-refractivity contribution in [1.82, 2.24) is 0 Å². The number of hydrogen-bond donors (Lipinski definition) is 1. The minimum atomic E-state index is -4.77. The van der Waals surface area contributed by atoms with Gasteiger partial charge in [0, 0.05) is 0 Å². The quantitative estimate of drug-likeness (QED) is 0.233. The molecule has 0 rings (SSSR count). The van der Waals surface area contributed by atoms with Crippen molar-refractivity contribution in [2.75, 3.05) is 13.2 Å². The normalized spacial score (nSPS) is 13.8. The van der Waals surface area contributed by atoms with Gasteiger partial charge in [-0.05, 0) is 31.1 Å². The van der Waals surface area contributed by atoms with Gasteiger partial charge in [0.2, 0.25) is 0 Å². The first kappa shape index (κ1) is 28.9. The van der Waals surface area contributed by atoms with E-state index in [-0.39, 0.29) is 25.0 Å². The summed E-state index contributed by atoms with van der Waals surface area (Å²) in [6, 6.07) is 0. The zero-order valence-electron chi connectivity index (χ0n) is 19.2. The lowest BCUT2D eigenvalue weighted by Gasteiger charge is -2.19. The van der Waals surface area contributed by atoms with Gasteiger partial charge in [-0.2, -0.15) is 8.42 Å². The second-order valence-corrected chi connectivity index (χ2v) is 9.69. The van der Waals surface area contributed by atoms with E-state index in [0.29, 0.717) is 0 Å². The number of rotatable bonds is 18. The van der Waals surface area contributed by atoms with Gasteiger partial charge in [-0.15, -0.1) is 0 Å². The Morgan fingerprint density at radius 3 is 1.70 bits per heavy atom. The Bertz CT molecular complexity index is 566. The van der Waals surface area contributed by atoms with Crippen LogP contribution in [0.3, 0.4) is 0 Å². The smallest absolute Gasteiger partial charge is 0.327 e. The molecule has 0 radical (unpaired) electrons. The molecule has 2 unspecified atom stereocenters. The summed E-state index contributed by atoms with van der Waals surface area (Å²) in [6.07, 6.45) is 8.89. The van der Waals surface area contributed by atoms with Crippen molar-refractivity contribution in [1.29, 1.82) is 0 Å². The van der Waals surface area contributed by atoms with Crippen LogP contribution in [0, 0.1) is 11.8 Å². The second kappa shape index (κ2) is 16.5. The van der Waals surface area contributed by atoms with Crippen LogP contribution >= 0.6 is 0 Å². The summed E-state index contributed by atoms with van der Waals surface area (Å²) in [5.74, 6) is -1.57. The van der Waals surface area contributed by atoms with Gasteiger partial charge >= 0.3 is 11.9 Å². The molecule has 0 saturated carbocycles. The second-order valence-electron chi connectivity index (χ2n) is 8.09. The molecule has 0 aliphatic rings. The van der Waals surface area contributed by atoms with Gasteiger partial charge < -0.3 is 9.47 Å². The van der Waals surface area contributed by atoms with E-state index in [1.807, 2.05) is 6.92 Å². The van der Waals surface area contributed by atoms with Crippen molar-refractivity contribution < 1.29 is 32.0 Å². The molecular formula is C22H42O7S. The zero-order valence-corrected chi connectivity index (χ0v) is 20.0. The third kappa shape index (κ3) is 13.2. The molecule has 0 aromatic rings. The summed E-state index contributed by atoms with van der Waals surface area (Å²) >= 11 is 0. The van der Waals surface area contributed by atoms with Crippen molar-refractivity contribution in [3.05, 3.63) is 0 Å². The molecule has 2 atom stereocenters. The average Bonchev–Trinajstić information content (AvgIpc) is 2.70. The fourth-order valence-corrected chi connectivity index (χ4v) is 3.88. The van der Waals surface area contributed by atoms with Crippen LogP contribution in [0.1, 0.15) is 98.3 Å². The number of unbranched alkanes of at least 4 members (excludes halogenated alkanes) is 3. The van der Waals surface area contributed by atoms with E-state index in [2.05, 4.69) is 20.8 Å². The number of carbonyl (C=O) groups excluding carboxylic acids is 2. The Hall–Kier alpha value is -1.15. The van der Waals surface area contributed by atoms with Gasteiger partial charge in [-0.1, -0.05) is 72.6 Å². The highest BCUT2D eigenvalue weighted by atomic mass is 32.2. The fourth-order valence-electron chi connectivity index (χ4n) is 3.22. The number of carbonyl (C=O) groups is 2. The Morgan fingerprint density at radius 2 is 1.27 bits per heavy atom. The molecule has 0 aliphatic heterocycles. The average molecular weight is 451 g/mol. The summed E-state index contributed by atoms with van der Waals surface area (Å²) in [7, 11) is -4.77. The maximum atomic E-state index is 12.3. The largest absolute Gasteiger partial charge is 0.465 e. The van der Waals surface area contributed by atoms with Crippen LogP contribution in [0.5, 0.6) is 0 Å². The highest BCUT2D eigenvalue weighted by molar-refractivity contribution is 7.87. The van der Waals surface area contributed by atoms with Gasteiger partial charge in [-0.3, -0.25) is 14.1 Å². The monoisotopic (exact) mass is 450 g/mol. The Morgan fingerprint density at radius 1 is 0.800 bits per heavy atom. The van der Waals surface area contributed by atoms with Gasteiger partial charge in [-0.25, -0.2) is 0 Å². The summed E-state index contributed by atoms with van der Waals surface area (Å²) in [5.41, 5.74) is 0. The molecule has 0 spiro atoms. The summed E-state index contributed by atoms with van der Waals surface area (Å²) in [5, 5.41) is -1.95. The third-order valence-corrected chi connectivity index (χ3v) is 6.47. The first-order valence-electron chi connectivity index (χ1n) is 11.5. The molecule has 0 amide bonds. The SMILES string of the molecule is CCCCC(CC)COC(=O)CC(C(=O)OCC(CCCC)CCCC)S(=O)(=O)O. The van der Waals surface area contributed by atoms with Crippen LogP contribution < -0.4 is 0 Å². The first-order chi connectivity index (χ1) is 14.2. The molecule has 1 N–H and O–H groups in total. The molecule has 8 heteroatoms. The molecule has 0 aromatic heterocycles. The van der Waals surface area contributed by atoms with Crippen molar-refractivity contribution >= 4 is 22.1 Å². The predicted octanol–water partition coefficient (Wildman–Crippen LogP) is 4.93. The molecule has 178 valence electrons. The van der Waals surface area contributed by atoms with E-state index in [4.69, 9.17) is 9.47 Å². The highest BCUT2D eigenvalue weighted by Gasteiger charge is 2.36. The van der Waals surface area contributed by atoms with Gasteiger partial charge in [0.25, 0.3) is 10.1 Å². The standard InChI is InChI=1S/C22H42O7S/c1-5-9-12-18(8-4)16-28-21(23)15-20(30(25,26)27)22(24)29-17-19(13-10-6-2)14-11-7-3/h18-20H,5-17H2,1-4H3,(H,25,26,27). The maximum Gasteiger partial charge on any atom is 0.327 e. The number of hydrogen-bond acceptors (Lipinski definition) is 6. The molecule has 7 nitrogen and oxygen atoms in total. The van der Waals surface area contributed by atoms with Crippen molar-refractivity contribution in [2.45, 2.75) is 104 Å². The van der Waals surface area contributed by atoms with Gasteiger partial charge in [0.15, 0.2) is 5.25 Å². The summed E-state index contributed by atoms with van der Waals surface area (Å²) < 4.78 is 43.2. The Kier molecular flexibility index (Phi) is 15.9. The third-order valence-electron chi connectivity index (χ3n) is 5.39. The van der Waals surface area contributed by atoms with Crippen molar-refractivity contribution in [3.63, 3.8) is 0 Å². The first-order valence-corrected chi connectivity index (χ1v) is 13.0. The molecule has 0 aromatic carbocycles. The molecule has 0 saturated heterocycles. The van der Waals surface area contributed by atoms with E-state index < -0.39 is 33.7 Å². The molecular weight excluding hydrogens is 408 g/mol. The van der Waals surface area contributed by atoms with E-state index in [9.17, 15) is 22.6 Å². The Labute approximate surface area is 183 Å². The minimum absolute atomic E-state index is 0.0921. The lowest BCUT2D eigenvalue weighted by Crippen LogP contribution is -2.35. The summed E-state index contributed by atoms with van der Waals surface area (Å²) in [4.78, 5) is 24.5. The van der Waals surface area contributed by atoms with Crippen LogP contribution in [-0.4, -0.2) is 43.4 Å². The van der Waals surface area contributed by atoms with E-state index >= 15 is 0 Å². The molecule has 0 aliphatic carbocycles. The Balaban J connectivity index is 4.81. The molecule has 0 heterocycles. The summed E-state index contributed by atoms with van der Waals surface area (Å²) in [6.45, 7) is 8.51. The highest BCUT2D eigenvalue weighted by Crippen LogP contribution is 2.19. The zero-order chi connectivity index (χ0) is 23.0. The lowest BCUT2D eigenvalue weighted by molar-refractivity contribution is -0.151. The maximum absolute atomic E-state index is 12.3. The van der Waals surface area contributed by atoms with Crippen LogP contribution in [0.2, 0.25) is 0 Å². The minimum Gasteiger partial charge on any atom is -0.465 e. The number of ether oxygens (including phenoxy) is 2.